The van der Waals surface area contributed by atoms with Crippen LogP contribution in [-0.4, -0.2) is 45.8 Å². The number of nitrogens with one attached hydrogen (secondary N) is 1. The fourth-order valence-electron chi connectivity index (χ4n) is 4.59. The minimum Gasteiger partial charge on any atom is -0.493 e. The molecule has 0 saturated carbocycles. The van der Waals surface area contributed by atoms with Crippen LogP contribution in [-0.2, 0) is 30.8 Å². The number of hydrogen-bond donors (Lipinski definition) is 1. The van der Waals surface area contributed by atoms with Gasteiger partial charge in [0.1, 0.15) is 6.54 Å². The Labute approximate surface area is 208 Å². The predicted molar refractivity (Wildman–Crippen MR) is 135 cm³/mol. The molecule has 2 aromatic heterocycles. The summed E-state index contributed by atoms with van der Waals surface area (Å²) in [5.74, 6) is 1.33. The first-order valence-electron chi connectivity index (χ1n) is 11.7. The molecule has 0 radical (unpaired) electrons. The van der Waals surface area contributed by atoms with E-state index in [0.717, 1.165) is 24.2 Å². The molecule has 0 unspecified atom stereocenters. The van der Waals surface area contributed by atoms with E-state index in [1.165, 1.54) is 20.2 Å². The molecule has 0 spiro atoms. The second kappa shape index (κ2) is 9.73. The van der Waals surface area contributed by atoms with Crippen LogP contribution in [0.1, 0.15) is 22.4 Å². The van der Waals surface area contributed by atoms with Crippen molar-refractivity contribution in [3.8, 4) is 11.5 Å². The number of anilines is 1. The van der Waals surface area contributed by atoms with Crippen molar-refractivity contribution in [3.63, 3.8) is 0 Å². The van der Waals surface area contributed by atoms with Gasteiger partial charge in [-0.25, -0.2) is 18.9 Å². The average molecular weight is 489 g/mol. The molecule has 1 N–H and O–H groups in total. The Morgan fingerprint density at radius 3 is 2.67 bits per heavy atom. The zero-order valence-electron chi connectivity index (χ0n) is 20.5. The second-order valence-electron chi connectivity index (χ2n) is 8.70. The third kappa shape index (κ3) is 4.37. The summed E-state index contributed by atoms with van der Waals surface area (Å²) in [6.07, 6.45) is 0.867. The van der Waals surface area contributed by atoms with Crippen LogP contribution in [0.15, 0.2) is 53.3 Å². The van der Waals surface area contributed by atoms with Gasteiger partial charge in [-0.15, -0.1) is 5.10 Å². The standard InChI is InChI=1S/C26H28N6O4/c1-17-13-22-29-31(16-23(33)27-14-19-9-6-10-21(35-2)24(19)36-3)26(34)32(22)25(28-17)30-12-11-18-7-4-5-8-20(18)15-30/h4-10,13H,11-12,14-16H2,1-3H3,(H,27,33). The largest absolute Gasteiger partial charge is 0.493 e. The van der Waals surface area contributed by atoms with E-state index in [0.29, 0.717) is 29.6 Å². The van der Waals surface area contributed by atoms with Crippen molar-refractivity contribution in [1.82, 2.24) is 24.5 Å². The van der Waals surface area contributed by atoms with E-state index in [2.05, 4.69) is 32.4 Å². The van der Waals surface area contributed by atoms with E-state index in [-0.39, 0.29) is 19.0 Å². The number of ether oxygens (including phenoxy) is 2. The van der Waals surface area contributed by atoms with Gasteiger partial charge in [-0.3, -0.25) is 4.79 Å². The molecular formula is C26H28N6O4. The van der Waals surface area contributed by atoms with Gasteiger partial charge in [0.2, 0.25) is 11.9 Å². The lowest BCUT2D eigenvalue weighted by Crippen LogP contribution is -2.36. The maximum absolute atomic E-state index is 13.3. The van der Waals surface area contributed by atoms with Crippen molar-refractivity contribution in [2.45, 2.75) is 33.0 Å². The third-order valence-corrected chi connectivity index (χ3v) is 6.35. The summed E-state index contributed by atoms with van der Waals surface area (Å²) < 4.78 is 13.4. The first-order chi connectivity index (χ1) is 17.5. The Morgan fingerprint density at radius 1 is 1.08 bits per heavy atom. The zero-order chi connectivity index (χ0) is 25.2. The average Bonchev–Trinajstić information content (AvgIpc) is 3.20. The number of amides is 1. The van der Waals surface area contributed by atoms with E-state index < -0.39 is 5.69 Å². The lowest BCUT2D eigenvalue weighted by atomic mass is 10.0. The number of rotatable bonds is 7. The fraction of sp³-hybridized carbons (Fsp3) is 0.308. The number of carbonyl (C=O) groups is 1. The Morgan fingerprint density at radius 2 is 1.89 bits per heavy atom. The van der Waals surface area contributed by atoms with Crippen LogP contribution in [0.3, 0.4) is 0 Å². The maximum atomic E-state index is 13.3. The molecule has 1 aliphatic heterocycles. The number of carbonyl (C=O) groups excluding carboxylic acids is 1. The summed E-state index contributed by atoms with van der Waals surface area (Å²) in [4.78, 5) is 32.8. The first kappa shape index (κ1) is 23.4. The molecular weight excluding hydrogens is 460 g/mol. The summed E-state index contributed by atoms with van der Waals surface area (Å²) in [7, 11) is 3.11. The van der Waals surface area contributed by atoms with Gasteiger partial charge in [0.05, 0.1) is 14.2 Å². The number of nitrogens with zero attached hydrogens (tertiary/aromatic N) is 5. The van der Waals surface area contributed by atoms with Crippen LogP contribution >= 0.6 is 0 Å². The molecule has 10 heteroatoms. The molecule has 4 aromatic rings. The highest BCUT2D eigenvalue weighted by Crippen LogP contribution is 2.30. The number of aryl methyl sites for hydroxylation is 1. The molecule has 5 rings (SSSR count). The molecule has 0 bridgehead atoms. The van der Waals surface area contributed by atoms with Gasteiger partial charge in [0, 0.05) is 37.0 Å². The van der Waals surface area contributed by atoms with Crippen molar-refractivity contribution < 1.29 is 14.3 Å². The van der Waals surface area contributed by atoms with Gasteiger partial charge in [-0.05, 0) is 30.5 Å². The summed E-state index contributed by atoms with van der Waals surface area (Å²) in [5.41, 5.74) is 4.10. The van der Waals surface area contributed by atoms with E-state index in [1.807, 2.05) is 31.2 Å². The van der Waals surface area contributed by atoms with Crippen molar-refractivity contribution in [2.75, 3.05) is 25.7 Å². The SMILES string of the molecule is COc1cccc(CNC(=O)Cn2nc3cc(C)nc(N4CCc5ccccc5C4)n3c2=O)c1OC. The lowest BCUT2D eigenvalue weighted by molar-refractivity contribution is -0.122. The van der Waals surface area contributed by atoms with Crippen LogP contribution in [0.2, 0.25) is 0 Å². The highest BCUT2D eigenvalue weighted by Gasteiger charge is 2.23. The minimum atomic E-state index is -0.402. The van der Waals surface area contributed by atoms with Crippen LogP contribution in [0.4, 0.5) is 5.95 Å². The van der Waals surface area contributed by atoms with Crippen molar-refractivity contribution in [1.29, 1.82) is 0 Å². The van der Waals surface area contributed by atoms with Gasteiger partial charge in [-0.2, -0.15) is 0 Å². The Balaban J connectivity index is 1.38. The summed E-state index contributed by atoms with van der Waals surface area (Å²) in [5, 5.41) is 7.26. The number of benzene rings is 2. The van der Waals surface area contributed by atoms with Gasteiger partial charge in [-0.1, -0.05) is 36.4 Å². The highest BCUT2D eigenvalue weighted by atomic mass is 16.5. The van der Waals surface area contributed by atoms with Crippen LogP contribution in [0, 0.1) is 6.92 Å². The van der Waals surface area contributed by atoms with E-state index >= 15 is 0 Å². The van der Waals surface area contributed by atoms with Gasteiger partial charge < -0.3 is 19.7 Å². The molecule has 1 amide bonds. The summed E-state index contributed by atoms with van der Waals surface area (Å²) in [6.45, 7) is 3.28. The highest BCUT2D eigenvalue weighted by molar-refractivity contribution is 5.75. The number of aromatic nitrogens is 4. The number of hydrogen-bond acceptors (Lipinski definition) is 7. The first-order valence-corrected chi connectivity index (χ1v) is 11.7. The predicted octanol–water partition coefficient (Wildman–Crippen LogP) is 2.10. The third-order valence-electron chi connectivity index (χ3n) is 6.35. The fourth-order valence-corrected chi connectivity index (χ4v) is 4.59. The quantitative estimate of drug-likeness (QED) is 0.425. The molecule has 3 heterocycles. The Hall–Kier alpha value is -4.34. The molecule has 0 atom stereocenters. The van der Waals surface area contributed by atoms with Crippen molar-refractivity contribution >= 4 is 17.5 Å². The molecule has 186 valence electrons. The van der Waals surface area contributed by atoms with E-state index in [1.54, 1.807) is 26.4 Å². The smallest absolute Gasteiger partial charge is 0.353 e. The van der Waals surface area contributed by atoms with Gasteiger partial charge >= 0.3 is 5.69 Å². The van der Waals surface area contributed by atoms with E-state index in [4.69, 9.17) is 9.47 Å². The molecule has 0 aliphatic carbocycles. The Kier molecular flexibility index (Phi) is 6.32. The zero-order valence-corrected chi connectivity index (χ0v) is 20.5. The maximum Gasteiger partial charge on any atom is 0.353 e. The van der Waals surface area contributed by atoms with Gasteiger partial charge in [0.15, 0.2) is 17.1 Å². The second-order valence-corrected chi connectivity index (χ2v) is 8.70. The van der Waals surface area contributed by atoms with E-state index in [9.17, 15) is 9.59 Å². The van der Waals surface area contributed by atoms with Gasteiger partial charge in [0.25, 0.3) is 0 Å². The topological polar surface area (TPSA) is 103 Å². The molecule has 1 aliphatic rings. The lowest BCUT2D eigenvalue weighted by Gasteiger charge is -2.29. The van der Waals surface area contributed by atoms with Crippen LogP contribution in [0.25, 0.3) is 5.65 Å². The van der Waals surface area contributed by atoms with Crippen LogP contribution < -0.4 is 25.4 Å². The van der Waals surface area contributed by atoms with Crippen molar-refractivity contribution in [2.24, 2.45) is 0 Å². The summed E-state index contributed by atoms with van der Waals surface area (Å²) >= 11 is 0. The molecule has 0 saturated heterocycles. The molecule has 2 aromatic carbocycles. The number of methoxy groups -OCH3 is 2. The summed E-state index contributed by atoms with van der Waals surface area (Å²) in [6, 6.07) is 15.5. The normalized spacial score (nSPS) is 12.9. The Bertz CT molecular complexity index is 1490. The number of para-hydroxylation sites is 1. The molecule has 10 nitrogen and oxygen atoms in total. The minimum absolute atomic E-state index is 0.214. The molecule has 36 heavy (non-hydrogen) atoms. The monoisotopic (exact) mass is 488 g/mol. The van der Waals surface area contributed by atoms with Crippen molar-refractivity contribution in [3.05, 3.63) is 81.4 Å². The number of fused-ring (bicyclic) bond motifs is 2. The molecule has 0 fully saturated rings. The van der Waals surface area contributed by atoms with Crippen LogP contribution in [0.5, 0.6) is 11.5 Å².